The summed E-state index contributed by atoms with van der Waals surface area (Å²) in [6, 6.07) is 76.8. The van der Waals surface area contributed by atoms with E-state index in [1.807, 2.05) is 195 Å². The van der Waals surface area contributed by atoms with Gasteiger partial charge >= 0.3 is 0 Å². The van der Waals surface area contributed by atoms with Gasteiger partial charge in [-0.15, -0.1) is 0 Å². The van der Waals surface area contributed by atoms with Crippen molar-refractivity contribution in [3.05, 3.63) is 275 Å². The molecule has 0 unspecified atom stereocenters. The van der Waals surface area contributed by atoms with Crippen LogP contribution in [0.3, 0.4) is 0 Å². The van der Waals surface area contributed by atoms with Crippen LogP contribution in [0.25, 0.3) is 97.7 Å². The van der Waals surface area contributed by atoms with Gasteiger partial charge in [-0.3, -0.25) is 9.97 Å². The summed E-state index contributed by atoms with van der Waals surface area (Å²) in [7, 11) is 4.25. The number of hydrogen-bond acceptors (Lipinski definition) is 4. The molecule has 0 N–H and O–H groups in total. The first-order valence-electron chi connectivity index (χ1n) is 37.2. The van der Waals surface area contributed by atoms with Crippen molar-refractivity contribution in [1.29, 1.82) is 0 Å². The van der Waals surface area contributed by atoms with Crippen molar-refractivity contribution in [2.24, 2.45) is 14.1 Å². The molecule has 0 amide bonds. The Labute approximate surface area is 606 Å². The quantitative estimate of drug-likeness (QED) is 0.142. The van der Waals surface area contributed by atoms with E-state index in [1.165, 1.54) is 109 Å². The van der Waals surface area contributed by atoms with E-state index in [0.29, 0.717) is 0 Å². The molecule has 0 aliphatic rings. The third-order valence-corrected chi connectivity index (χ3v) is 15.4. The fraction of sp³-hybridized carbons (Fsp3) is 0.319. The molecule has 0 bridgehead atoms. The molecule has 0 saturated carbocycles. The molecule has 0 fully saturated rings. The first-order valence-corrected chi connectivity index (χ1v) is 37.2. The zero-order valence-corrected chi connectivity index (χ0v) is 67.5. The van der Waals surface area contributed by atoms with Crippen LogP contribution >= 0.6 is 0 Å². The molecule has 5 aromatic heterocycles. The Hall–Kier alpha value is -9.52. The highest BCUT2D eigenvalue weighted by molar-refractivity contribution is 6.10. The van der Waals surface area contributed by atoms with Gasteiger partial charge in [-0.05, 0) is 167 Å². The fourth-order valence-electron chi connectivity index (χ4n) is 11.4. The minimum atomic E-state index is 0.839. The summed E-state index contributed by atoms with van der Waals surface area (Å²) in [5.41, 5.74) is 18.3. The van der Waals surface area contributed by atoms with Crippen molar-refractivity contribution in [3.8, 4) is 0 Å². The molecule has 0 spiro atoms. The normalized spacial score (nSPS) is 9.50. The summed E-state index contributed by atoms with van der Waals surface area (Å²) in [6.45, 7) is 56.7. The minimum absolute atomic E-state index is 0.839. The second-order valence-corrected chi connectivity index (χ2v) is 21.7. The summed E-state index contributed by atoms with van der Waals surface area (Å²) >= 11 is 0. The molecule has 6 nitrogen and oxygen atoms in total. The highest BCUT2D eigenvalue weighted by Crippen LogP contribution is 2.31. The third kappa shape index (κ3) is 24.1. The third-order valence-electron chi connectivity index (χ3n) is 15.4. The van der Waals surface area contributed by atoms with Gasteiger partial charge < -0.3 is 9.13 Å². The molecule has 0 atom stereocenters. The van der Waals surface area contributed by atoms with Crippen LogP contribution in [0.1, 0.15) is 181 Å². The number of fused-ring (bicyclic) bond motifs is 12. The Bertz CT molecular complexity index is 4590. The molecule has 0 aliphatic heterocycles. The second kappa shape index (κ2) is 48.3. The number of aryl methyl sites for hydroxylation is 12. The summed E-state index contributed by atoms with van der Waals surface area (Å²) in [5, 5.41) is 15.7. The van der Waals surface area contributed by atoms with E-state index >= 15 is 0 Å². The Morgan fingerprint density at radius 3 is 1.20 bits per heavy atom. The average molecular weight is 1340 g/mol. The van der Waals surface area contributed by atoms with E-state index in [-0.39, 0.29) is 0 Å². The Balaban J connectivity index is 0.000000575. The number of pyridine rings is 2. The Kier molecular flexibility index (Phi) is 42.7. The lowest BCUT2D eigenvalue weighted by Crippen LogP contribution is -1.92. The molecular formula is C94H126N6. The maximum atomic E-state index is 4.44. The Morgan fingerprint density at radius 1 is 0.220 bits per heavy atom. The van der Waals surface area contributed by atoms with E-state index in [4.69, 9.17) is 0 Å². The number of benzene rings is 10. The van der Waals surface area contributed by atoms with Gasteiger partial charge in [0.05, 0.1) is 11.0 Å². The van der Waals surface area contributed by atoms with Crippen molar-refractivity contribution in [1.82, 2.24) is 29.1 Å². The van der Waals surface area contributed by atoms with Crippen LogP contribution in [0.5, 0.6) is 0 Å². The molecule has 0 aliphatic carbocycles. The Morgan fingerprint density at radius 2 is 0.610 bits per heavy atom. The molecule has 15 rings (SSSR count). The van der Waals surface area contributed by atoms with E-state index in [0.717, 1.165) is 45.0 Å². The van der Waals surface area contributed by atoms with Gasteiger partial charge in [0, 0.05) is 96.6 Å². The van der Waals surface area contributed by atoms with E-state index in [9.17, 15) is 0 Å². The van der Waals surface area contributed by atoms with Crippen LogP contribution in [0.15, 0.2) is 218 Å². The molecule has 10 aromatic carbocycles. The van der Waals surface area contributed by atoms with Crippen molar-refractivity contribution >= 4 is 97.7 Å². The number of rotatable bonds is 0. The zero-order valence-electron chi connectivity index (χ0n) is 67.5. The van der Waals surface area contributed by atoms with Gasteiger partial charge in [-0.1, -0.05) is 300 Å². The predicted octanol–water partition coefficient (Wildman–Crippen LogP) is 29.1. The first kappa shape index (κ1) is 88.5. The predicted molar refractivity (Wildman–Crippen MR) is 455 cm³/mol. The molecule has 100 heavy (non-hydrogen) atoms. The molecular weight excluding hydrogens is 1210 g/mol. The van der Waals surface area contributed by atoms with Crippen molar-refractivity contribution in [3.63, 3.8) is 0 Å². The average Bonchev–Trinajstić information content (AvgIpc) is 1.54. The molecule has 0 radical (unpaired) electrons. The largest absolute Gasteiger partial charge is 0.344 e. The molecule has 0 saturated heterocycles. The first-order chi connectivity index (χ1) is 48.6. The summed E-state index contributed by atoms with van der Waals surface area (Å²) in [4.78, 5) is 17.5. The van der Waals surface area contributed by atoms with Crippen LogP contribution in [-0.4, -0.2) is 29.1 Å². The lowest BCUT2D eigenvalue weighted by Gasteiger charge is -2.06. The van der Waals surface area contributed by atoms with Gasteiger partial charge in [0.2, 0.25) is 0 Å². The number of para-hydroxylation sites is 4. The molecule has 532 valence electrons. The standard InChI is InChI=1S/C16H14.2C14H13N.2C11H11N.C10H10N2.9C2H6/c1-11-6-8-15-13(10-11)7-9-14-12(2)4-3-5-16(14)15;1-10-7-8-14-12(9-10)11-5-3-4-6-13(11)15(14)2;1-10-7-8-12-11-5-3-4-6-13(11)15(2)14(12)9-10;1-8-7-10-5-3-4-6-11(10)9(2)12-8;1-8-7-9(2)12-11-6-4-3-5-10(8)11;1-7-9-5-3-4-6-10(9)12-8(2)11-7;9*1-2/h3-10H,1-2H3;2*3-9H,1-2H3;2*3-7H,1-2H3;3-6H,1-2H3;9*1-2H3. The lowest BCUT2D eigenvalue weighted by atomic mass is 9.98. The maximum Gasteiger partial charge on any atom is 0.126 e. The zero-order chi connectivity index (χ0) is 75.6. The highest BCUT2D eigenvalue weighted by atomic mass is 14.9. The van der Waals surface area contributed by atoms with Gasteiger partial charge in [0.1, 0.15) is 5.82 Å². The smallest absolute Gasteiger partial charge is 0.126 e. The van der Waals surface area contributed by atoms with Gasteiger partial charge in [-0.25, -0.2) is 9.97 Å². The minimum Gasteiger partial charge on any atom is -0.344 e. The topological polar surface area (TPSA) is 61.4 Å². The fourth-order valence-corrected chi connectivity index (χ4v) is 11.4. The monoisotopic (exact) mass is 1340 g/mol. The SMILES string of the molecule is CC.CC.CC.CC.CC.CC.CC.CC.CC.Cc1cc(C)c2ccccc2n1.Cc1cc2ccccc2c(C)n1.Cc1ccc2c(c1)c1ccccc1n2C.Cc1ccc2c(ccc3c(C)cccc32)c1.Cc1ccc2c3ccccc3n(C)c2c1.Cc1nc(C)c2ccccc2n1. The number of aromatic nitrogens is 6. The van der Waals surface area contributed by atoms with Crippen LogP contribution in [-0.2, 0) is 14.1 Å². The van der Waals surface area contributed by atoms with Crippen molar-refractivity contribution in [2.45, 2.75) is 194 Å². The van der Waals surface area contributed by atoms with Crippen LogP contribution < -0.4 is 0 Å². The summed E-state index contributed by atoms with van der Waals surface area (Å²) < 4.78 is 4.52. The van der Waals surface area contributed by atoms with Crippen molar-refractivity contribution < 1.29 is 0 Å². The van der Waals surface area contributed by atoms with E-state index in [2.05, 4.69) is 261 Å². The highest BCUT2D eigenvalue weighted by Gasteiger charge is 2.09. The second-order valence-electron chi connectivity index (χ2n) is 21.7. The maximum absolute atomic E-state index is 4.44. The van der Waals surface area contributed by atoms with Crippen LogP contribution in [0, 0.1) is 69.2 Å². The van der Waals surface area contributed by atoms with E-state index in [1.54, 1.807) is 0 Å². The number of nitrogens with zero attached hydrogens (tertiary/aromatic N) is 6. The summed E-state index contributed by atoms with van der Waals surface area (Å²) in [5.74, 6) is 0.839. The molecule has 6 heteroatoms. The van der Waals surface area contributed by atoms with Crippen LogP contribution in [0.4, 0.5) is 0 Å². The van der Waals surface area contributed by atoms with Gasteiger partial charge in [0.25, 0.3) is 0 Å². The van der Waals surface area contributed by atoms with E-state index < -0.39 is 0 Å². The lowest BCUT2D eigenvalue weighted by molar-refractivity contribution is 1.01. The number of hydrogen-bond donors (Lipinski definition) is 0. The summed E-state index contributed by atoms with van der Waals surface area (Å²) in [6.07, 6.45) is 0. The van der Waals surface area contributed by atoms with Gasteiger partial charge in [0.15, 0.2) is 0 Å². The van der Waals surface area contributed by atoms with Gasteiger partial charge in [-0.2, -0.15) is 0 Å². The van der Waals surface area contributed by atoms with Crippen LogP contribution in [0.2, 0.25) is 0 Å². The molecule has 5 heterocycles. The molecule has 15 aromatic rings. The van der Waals surface area contributed by atoms with Crippen molar-refractivity contribution in [2.75, 3.05) is 0 Å².